The van der Waals surface area contributed by atoms with Gasteiger partial charge in [0.2, 0.25) is 0 Å². The van der Waals surface area contributed by atoms with E-state index in [-0.39, 0.29) is 11.9 Å². The molecule has 0 saturated heterocycles. The molecule has 0 radical (unpaired) electrons. The van der Waals surface area contributed by atoms with Crippen LogP contribution >= 0.6 is 11.6 Å². The Morgan fingerprint density at radius 2 is 1.65 bits per heavy atom. The van der Waals surface area contributed by atoms with Crippen LogP contribution in [0.25, 0.3) is 0 Å². The monoisotopic (exact) mass is 435 g/mol. The van der Waals surface area contributed by atoms with Gasteiger partial charge in [0.05, 0.1) is 10.6 Å². The molecule has 1 N–H and O–H groups in total. The molecule has 0 spiro atoms. The highest BCUT2D eigenvalue weighted by atomic mass is 35.5. The minimum Gasteiger partial charge on any atom is -0.366 e. The third-order valence-electron chi connectivity index (χ3n) is 6.58. The van der Waals surface area contributed by atoms with E-state index in [0.717, 1.165) is 36.9 Å². The Bertz CT molecular complexity index is 967. The average Bonchev–Trinajstić information content (AvgIpc) is 3.60. The molecular formula is C26H30ClN3O. The predicted molar refractivity (Wildman–Crippen MR) is 126 cm³/mol. The lowest BCUT2D eigenvalue weighted by Crippen LogP contribution is -2.45. The van der Waals surface area contributed by atoms with Crippen molar-refractivity contribution in [3.8, 4) is 6.07 Å². The fourth-order valence-corrected chi connectivity index (χ4v) is 4.83. The summed E-state index contributed by atoms with van der Waals surface area (Å²) in [6.45, 7) is 4.31. The number of benzene rings is 2. The summed E-state index contributed by atoms with van der Waals surface area (Å²) in [5.74, 6) is 0.490. The van der Waals surface area contributed by atoms with E-state index in [0.29, 0.717) is 28.6 Å². The third kappa shape index (κ3) is 5.05. The molecule has 5 heteroatoms. The van der Waals surface area contributed by atoms with Crippen LogP contribution in [0.4, 0.5) is 5.69 Å². The number of anilines is 1. The van der Waals surface area contributed by atoms with Crippen LogP contribution in [0.15, 0.2) is 42.5 Å². The first-order chi connectivity index (χ1) is 15.0. The normalized spacial score (nSPS) is 20.9. The molecule has 0 heterocycles. The molecule has 0 aromatic heterocycles. The molecule has 2 aliphatic carbocycles. The zero-order chi connectivity index (χ0) is 22.0. The van der Waals surface area contributed by atoms with Gasteiger partial charge in [0.1, 0.15) is 6.07 Å². The van der Waals surface area contributed by atoms with Gasteiger partial charge in [0.25, 0.3) is 5.91 Å². The van der Waals surface area contributed by atoms with Gasteiger partial charge in [-0.15, -0.1) is 0 Å². The van der Waals surface area contributed by atoms with Gasteiger partial charge in [0, 0.05) is 29.4 Å². The standard InChI is InChI=1S/C26H30ClN3O/c1-17(2)18-3-5-19(6-4-18)26(31)29-21-8-11-22(12-9-21)30(23-13-14-23)24-10-7-20(16-28)25(27)15-24/h3-7,10,15,17,21-23H,8-9,11-14H2,1-2H3,(H,29,31)/t21-,22-. The maximum atomic E-state index is 12.7. The average molecular weight is 436 g/mol. The Hall–Kier alpha value is -2.51. The van der Waals surface area contributed by atoms with E-state index in [1.54, 1.807) is 0 Å². The van der Waals surface area contributed by atoms with Crippen molar-refractivity contribution in [2.45, 2.75) is 76.4 Å². The Morgan fingerprint density at radius 1 is 1.03 bits per heavy atom. The third-order valence-corrected chi connectivity index (χ3v) is 6.89. The van der Waals surface area contributed by atoms with Gasteiger partial charge >= 0.3 is 0 Å². The summed E-state index contributed by atoms with van der Waals surface area (Å²) < 4.78 is 0. The summed E-state index contributed by atoms with van der Waals surface area (Å²) in [5.41, 5.74) is 3.62. The molecule has 0 bridgehead atoms. The molecule has 0 unspecified atom stereocenters. The van der Waals surface area contributed by atoms with Gasteiger partial charge in [-0.25, -0.2) is 0 Å². The van der Waals surface area contributed by atoms with Crippen molar-refractivity contribution in [1.82, 2.24) is 5.32 Å². The Kier molecular flexibility index (Phi) is 6.53. The van der Waals surface area contributed by atoms with Crippen LogP contribution in [0, 0.1) is 11.3 Å². The zero-order valence-corrected chi connectivity index (χ0v) is 19.0. The van der Waals surface area contributed by atoms with Gasteiger partial charge in [0.15, 0.2) is 0 Å². The molecule has 2 saturated carbocycles. The second-order valence-corrected chi connectivity index (χ2v) is 9.58. The summed E-state index contributed by atoms with van der Waals surface area (Å²) in [5, 5.41) is 12.9. The quantitative estimate of drug-likeness (QED) is 0.601. The lowest BCUT2D eigenvalue weighted by atomic mass is 9.89. The highest BCUT2D eigenvalue weighted by Gasteiger charge is 2.36. The van der Waals surface area contributed by atoms with E-state index in [2.05, 4.69) is 30.1 Å². The number of hydrogen-bond donors (Lipinski definition) is 1. The summed E-state index contributed by atoms with van der Waals surface area (Å²) in [7, 11) is 0. The Labute approximate surface area is 190 Å². The molecule has 31 heavy (non-hydrogen) atoms. The number of nitrogens with one attached hydrogen (secondary N) is 1. The molecule has 2 aromatic rings. The highest BCUT2D eigenvalue weighted by Crippen LogP contribution is 2.39. The number of amides is 1. The van der Waals surface area contributed by atoms with Crippen LogP contribution in [0.3, 0.4) is 0 Å². The number of rotatable bonds is 6. The van der Waals surface area contributed by atoms with Crippen molar-refractivity contribution in [2.75, 3.05) is 4.90 Å². The SMILES string of the molecule is CC(C)c1ccc(C(=O)N[C@H]2CC[C@H](N(c3ccc(C#N)c(Cl)c3)C3CC3)CC2)cc1. The molecule has 4 nitrogen and oxygen atoms in total. The number of carbonyl (C=O) groups excluding carboxylic acids is 1. The van der Waals surface area contributed by atoms with E-state index in [1.807, 2.05) is 42.5 Å². The minimum absolute atomic E-state index is 0.0247. The Balaban J connectivity index is 1.36. The topological polar surface area (TPSA) is 56.1 Å². The highest BCUT2D eigenvalue weighted by molar-refractivity contribution is 6.32. The molecular weight excluding hydrogens is 406 g/mol. The number of halogens is 1. The minimum atomic E-state index is 0.0247. The van der Waals surface area contributed by atoms with E-state index in [1.165, 1.54) is 18.4 Å². The molecule has 162 valence electrons. The first kappa shape index (κ1) is 21.7. The van der Waals surface area contributed by atoms with Gasteiger partial charge in [-0.1, -0.05) is 37.6 Å². The van der Waals surface area contributed by atoms with Crippen molar-refractivity contribution in [2.24, 2.45) is 0 Å². The van der Waals surface area contributed by atoms with Crippen LogP contribution in [-0.4, -0.2) is 24.0 Å². The van der Waals surface area contributed by atoms with E-state index in [4.69, 9.17) is 16.9 Å². The van der Waals surface area contributed by atoms with Crippen LogP contribution < -0.4 is 10.2 Å². The van der Waals surface area contributed by atoms with E-state index < -0.39 is 0 Å². The van der Waals surface area contributed by atoms with Crippen LogP contribution in [0.2, 0.25) is 5.02 Å². The van der Waals surface area contributed by atoms with Gasteiger partial charge < -0.3 is 10.2 Å². The van der Waals surface area contributed by atoms with Crippen molar-refractivity contribution >= 4 is 23.2 Å². The number of hydrogen-bond acceptors (Lipinski definition) is 3. The van der Waals surface area contributed by atoms with Crippen molar-refractivity contribution in [3.63, 3.8) is 0 Å². The fourth-order valence-electron chi connectivity index (χ4n) is 4.61. The summed E-state index contributed by atoms with van der Waals surface area (Å²) in [6, 6.07) is 17.1. The number of nitriles is 1. The molecule has 2 aromatic carbocycles. The second-order valence-electron chi connectivity index (χ2n) is 9.17. The molecule has 4 rings (SSSR count). The smallest absolute Gasteiger partial charge is 0.251 e. The van der Waals surface area contributed by atoms with E-state index >= 15 is 0 Å². The predicted octanol–water partition coefficient (Wildman–Crippen LogP) is 6.05. The lowest BCUT2D eigenvalue weighted by molar-refractivity contribution is 0.0925. The summed E-state index contributed by atoms with van der Waals surface area (Å²) in [4.78, 5) is 15.2. The fraction of sp³-hybridized carbons (Fsp3) is 0.462. The summed E-state index contributed by atoms with van der Waals surface area (Å²) >= 11 is 6.31. The van der Waals surface area contributed by atoms with Gasteiger partial charge in [-0.3, -0.25) is 4.79 Å². The van der Waals surface area contributed by atoms with Crippen LogP contribution in [0.5, 0.6) is 0 Å². The van der Waals surface area contributed by atoms with Gasteiger partial charge in [-0.2, -0.15) is 5.26 Å². The number of nitrogens with zero attached hydrogens (tertiary/aromatic N) is 2. The molecule has 2 fully saturated rings. The zero-order valence-electron chi connectivity index (χ0n) is 18.3. The van der Waals surface area contributed by atoms with Crippen molar-refractivity contribution in [3.05, 3.63) is 64.2 Å². The first-order valence-electron chi connectivity index (χ1n) is 11.3. The van der Waals surface area contributed by atoms with Crippen molar-refractivity contribution in [1.29, 1.82) is 5.26 Å². The first-order valence-corrected chi connectivity index (χ1v) is 11.7. The van der Waals surface area contributed by atoms with Crippen LogP contribution in [0.1, 0.15) is 79.8 Å². The molecule has 0 atom stereocenters. The number of carbonyl (C=O) groups is 1. The van der Waals surface area contributed by atoms with E-state index in [9.17, 15) is 4.79 Å². The van der Waals surface area contributed by atoms with Crippen molar-refractivity contribution < 1.29 is 4.79 Å². The molecule has 2 aliphatic rings. The van der Waals surface area contributed by atoms with Crippen LogP contribution in [-0.2, 0) is 0 Å². The molecule has 0 aliphatic heterocycles. The second kappa shape index (κ2) is 9.32. The Morgan fingerprint density at radius 3 is 2.16 bits per heavy atom. The summed E-state index contributed by atoms with van der Waals surface area (Å²) in [6.07, 6.45) is 6.47. The maximum Gasteiger partial charge on any atom is 0.251 e. The molecule has 1 amide bonds. The lowest BCUT2D eigenvalue weighted by Gasteiger charge is -2.39. The maximum absolute atomic E-state index is 12.7. The van der Waals surface area contributed by atoms with Gasteiger partial charge in [-0.05, 0) is 80.3 Å². The largest absolute Gasteiger partial charge is 0.366 e.